The maximum absolute atomic E-state index is 13.6. The molecule has 0 radical (unpaired) electrons. The molecule has 3 N–H and O–H groups in total. The van der Waals surface area contributed by atoms with Crippen LogP contribution in [0.4, 0.5) is 31.0 Å². The molecule has 2 heterocycles. The van der Waals surface area contributed by atoms with Crippen molar-refractivity contribution < 1.29 is 23.5 Å². The highest BCUT2D eigenvalue weighted by molar-refractivity contribution is 7.09. The maximum atomic E-state index is 13.6. The van der Waals surface area contributed by atoms with Gasteiger partial charge in [0.15, 0.2) is 0 Å². The smallest absolute Gasteiger partial charge is 0.412 e. The highest BCUT2D eigenvalue weighted by atomic mass is 32.1. The second-order valence-corrected chi connectivity index (χ2v) is 11.2. The number of hydrogen-bond acceptors (Lipinski definition) is 7. The van der Waals surface area contributed by atoms with Crippen LogP contribution in [0.15, 0.2) is 47.3 Å². The van der Waals surface area contributed by atoms with E-state index in [1.165, 1.54) is 23.5 Å². The summed E-state index contributed by atoms with van der Waals surface area (Å²) in [5.74, 6) is -0.793. The van der Waals surface area contributed by atoms with Gasteiger partial charge in [0, 0.05) is 42.3 Å². The largest absolute Gasteiger partial charge is 0.444 e. The second kappa shape index (κ2) is 13.4. The van der Waals surface area contributed by atoms with Gasteiger partial charge in [-0.05, 0) is 77.2 Å². The number of pyridine rings is 1. The molecule has 2 aromatic heterocycles. The number of carbonyl (C=O) groups excluding carboxylic acids is 3. The molecule has 40 heavy (non-hydrogen) atoms. The van der Waals surface area contributed by atoms with E-state index in [0.717, 1.165) is 5.56 Å². The van der Waals surface area contributed by atoms with Gasteiger partial charge in [-0.15, -0.1) is 11.3 Å². The summed E-state index contributed by atoms with van der Waals surface area (Å²) in [5, 5.41) is 11.6. The summed E-state index contributed by atoms with van der Waals surface area (Å²) in [5.41, 5.74) is 2.02. The van der Waals surface area contributed by atoms with Crippen molar-refractivity contribution in [1.29, 1.82) is 0 Å². The minimum absolute atomic E-state index is 0.171. The fourth-order valence-electron chi connectivity index (χ4n) is 3.46. The van der Waals surface area contributed by atoms with Crippen molar-refractivity contribution in [3.63, 3.8) is 0 Å². The summed E-state index contributed by atoms with van der Waals surface area (Å²) in [6, 6.07) is 7.37. The van der Waals surface area contributed by atoms with Crippen molar-refractivity contribution in [2.75, 3.05) is 43.1 Å². The van der Waals surface area contributed by atoms with Crippen LogP contribution >= 0.6 is 11.3 Å². The van der Waals surface area contributed by atoms with Crippen LogP contribution in [0.2, 0.25) is 0 Å². The highest BCUT2D eigenvalue weighted by Gasteiger charge is 2.19. The van der Waals surface area contributed by atoms with E-state index in [0.29, 0.717) is 35.7 Å². The molecule has 0 atom stereocenters. The molecule has 0 saturated heterocycles. The zero-order chi connectivity index (χ0) is 29.4. The van der Waals surface area contributed by atoms with E-state index in [-0.39, 0.29) is 24.1 Å². The molecule has 10 nitrogen and oxygen atoms in total. The summed E-state index contributed by atoms with van der Waals surface area (Å²) < 4.78 is 18.9. The van der Waals surface area contributed by atoms with E-state index in [9.17, 15) is 18.8 Å². The Hall–Kier alpha value is -4.03. The molecule has 0 aliphatic heterocycles. The minimum atomic E-state index is -0.655. The van der Waals surface area contributed by atoms with Gasteiger partial charge in [0.05, 0.1) is 11.4 Å². The second-order valence-electron chi connectivity index (χ2n) is 10.5. The molecule has 0 unspecified atom stereocenters. The predicted octanol–water partition coefficient (Wildman–Crippen LogP) is 5.79. The fraction of sp³-hybridized carbons (Fsp3) is 0.357. The highest BCUT2D eigenvalue weighted by Crippen LogP contribution is 2.27. The number of rotatable bonds is 9. The van der Waals surface area contributed by atoms with Crippen LogP contribution in [-0.2, 0) is 11.3 Å². The van der Waals surface area contributed by atoms with Crippen molar-refractivity contribution in [3.8, 4) is 0 Å². The standard InChI is InChI=1S/C28H35FN6O4S/c1-18-13-20(8-9-21(18)29)31-26(37)35(12-11-34(5)6)15-19-7-10-22(30-14-19)25(36)32-23-16-40-17-24(23)33-27(38)39-28(2,3)4/h7-10,13-14,16-17H,11-12,15H2,1-6H3,(H,31,37)(H,32,36)(H,33,38). The molecule has 214 valence electrons. The van der Waals surface area contributed by atoms with Gasteiger partial charge in [-0.2, -0.15) is 0 Å². The number of amides is 4. The van der Waals surface area contributed by atoms with Gasteiger partial charge >= 0.3 is 12.1 Å². The minimum Gasteiger partial charge on any atom is -0.444 e. The van der Waals surface area contributed by atoms with E-state index >= 15 is 0 Å². The van der Waals surface area contributed by atoms with Gasteiger partial charge in [-0.1, -0.05) is 6.07 Å². The Morgan fingerprint density at radius 1 is 1.00 bits per heavy atom. The average molecular weight is 571 g/mol. The van der Waals surface area contributed by atoms with Crippen molar-refractivity contribution >= 4 is 46.4 Å². The zero-order valence-electron chi connectivity index (χ0n) is 23.5. The molecule has 0 saturated carbocycles. The number of carbonyl (C=O) groups is 3. The third kappa shape index (κ3) is 9.31. The van der Waals surface area contributed by atoms with Gasteiger partial charge in [0.1, 0.15) is 17.1 Å². The molecule has 3 rings (SSSR count). The molecule has 0 fully saturated rings. The third-order valence-corrected chi connectivity index (χ3v) is 6.23. The molecule has 3 aromatic rings. The molecule has 0 aliphatic rings. The van der Waals surface area contributed by atoms with Crippen LogP contribution in [0.25, 0.3) is 0 Å². The fourth-order valence-corrected chi connectivity index (χ4v) is 4.17. The lowest BCUT2D eigenvalue weighted by Gasteiger charge is -2.25. The number of thiophene rings is 1. The maximum Gasteiger partial charge on any atom is 0.412 e. The van der Waals surface area contributed by atoms with Crippen LogP contribution < -0.4 is 16.0 Å². The number of benzene rings is 1. The number of ether oxygens (including phenoxy) is 1. The number of likely N-dealkylation sites (N-methyl/N-ethyl adjacent to an activating group) is 1. The van der Waals surface area contributed by atoms with Crippen molar-refractivity contribution in [1.82, 2.24) is 14.8 Å². The number of hydrogen-bond donors (Lipinski definition) is 3. The monoisotopic (exact) mass is 570 g/mol. The number of aromatic nitrogens is 1. The van der Waals surface area contributed by atoms with Crippen molar-refractivity contribution in [2.45, 2.75) is 39.8 Å². The summed E-state index contributed by atoms with van der Waals surface area (Å²) in [6.07, 6.45) is 0.918. The Bertz CT molecular complexity index is 1340. The lowest BCUT2D eigenvalue weighted by molar-refractivity contribution is 0.0635. The van der Waals surface area contributed by atoms with E-state index in [4.69, 9.17) is 4.74 Å². The summed E-state index contributed by atoms with van der Waals surface area (Å²) in [7, 11) is 3.83. The van der Waals surface area contributed by atoms with E-state index in [1.807, 2.05) is 19.0 Å². The molecule has 1 aromatic carbocycles. The van der Waals surface area contributed by atoms with Crippen LogP contribution in [0.3, 0.4) is 0 Å². The lowest BCUT2D eigenvalue weighted by atomic mass is 10.2. The SMILES string of the molecule is Cc1cc(NC(=O)N(CCN(C)C)Cc2ccc(C(=O)Nc3cscc3NC(=O)OC(C)(C)C)nc2)ccc1F. The molecule has 0 bridgehead atoms. The molecule has 0 aliphatic carbocycles. The Balaban J connectivity index is 1.65. The van der Waals surface area contributed by atoms with E-state index in [1.54, 1.807) is 67.8 Å². The number of aryl methyl sites for hydroxylation is 1. The number of nitrogens with zero attached hydrogens (tertiary/aromatic N) is 3. The Labute approximate surface area is 237 Å². The number of anilines is 3. The van der Waals surface area contributed by atoms with Crippen molar-refractivity contribution in [2.24, 2.45) is 0 Å². The van der Waals surface area contributed by atoms with E-state index < -0.39 is 17.6 Å². The first-order chi connectivity index (χ1) is 18.8. The molecule has 4 amide bonds. The normalized spacial score (nSPS) is 11.2. The van der Waals surface area contributed by atoms with Gasteiger partial charge in [0.2, 0.25) is 0 Å². The topological polar surface area (TPSA) is 116 Å². The molecule has 12 heteroatoms. The van der Waals surface area contributed by atoms with Gasteiger partial charge < -0.3 is 25.2 Å². The first kappa shape index (κ1) is 30.5. The summed E-state index contributed by atoms with van der Waals surface area (Å²) >= 11 is 1.31. The van der Waals surface area contributed by atoms with Gasteiger partial charge in [-0.3, -0.25) is 15.1 Å². The van der Waals surface area contributed by atoms with Crippen LogP contribution in [0.1, 0.15) is 42.4 Å². The van der Waals surface area contributed by atoms with Gasteiger partial charge in [0.25, 0.3) is 5.91 Å². The van der Waals surface area contributed by atoms with Gasteiger partial charge in [-0.25, -0.2) is 14.0 Å². The number of urea groups is 1. The molecule has 0 spiro atoms. The van der Waals surface area contributed by atoms with Crippen LogP contribution in [0.5, 0.6) is 0 Å². The zero-order valence-corrected chi connectivity index (χ0v) is 24.3. The molecular formula is C28H35FN6O4S. The average Bonchev–Trinajstić information content (AvgIpc) is 3.29. The Morgan fingerprint density at radius 2 is 1.70 bits per heavy atom. The van der Waals surface area contributed by atoms with E-state index in [2.05, 4.69) is 20.9 Å². The van der Waals surface area contributed by atoms with Crippen LogP contribution in [-0.4, -0.2) is 65.6 Å². The number of halogens is 1. The predicted molar refractivity (Wildman–Crippen MR) is 155 cm³/mol. The lowest BCUT2D eigenvalue weighted by Crippen LogP contribution is -2.39. The Kier molecular flexibility index (Phi) is 10.2. The number of nitrogens with one attached hydrogen (secondary N) is 3. The summed E-state index contributed by atoms with van der Waals surface area (Å²) in [6.45, 7) is 8.24. The first-order valence-corrected chi connectivity index (χ1v) is 13.5. The first-order valence-electron chi connectivity index (χ1n) is 12.6. The quantitative estimate of drug-likeness (QED) is 0.300. The molecular weight excluding hydrogens is 535 g/mol. The summed E-state index contributed by atoms with van der Waals surface area (Å²) in [4.78, 5) is 45.9. The third-order valence-electron chi connectivity index (χ3n) is 5.49. The van der Waals surface area contributed by atoms with Crippen LogP contribution in [0, 0.1) is 12.7 Å². The Morgan fingerprint density at radius 3 is 2.30 bits per heavy atom. The van der Waals surface area contributed by atoms with Crippen molar-refractivity contribution in [3.05, 3.63) is 69.9 Å².